The number of carbonyl (C=O) groups excluding carboxylic acids is 4. The second-order valence-electron chi connectivity index (χ2n) is 13.6. The van der Waals surface area contributed by atoms with Gasteiger partial charge < -0.3 is 26.3 Å². The van der Waals surface area contributed by atoms with Gasteiger partial charge in [-0.2, -0.15) is 0 Å². The molecule has 3 aliphatic rings. The van der Waals surface area contributed by atoms with Crippen LogP contribution in [0.2, 0.25) is 0 Å². The molecule has 4 amide bonds. The smallest absolute Gasteiger partial charge is 0.245 e. The average molecular weight is 643 g/mol. The van der Waals surface area contributed by atoms with Crippen LogP contribution >= 0.6 is 0 Å². The highest BCUT2D eigenvalue weighted by atomic mass is 19.1. The standard InChI is InChI=1S/C36H43FN6O4/c1-20(2)32(36(47)43-13-5-6-22(19-43)33(38)44)41-35(46)29(14-21-9-11-25(37)12-10-21)40-34(45)24-15-27-26-7-4-8-28-31(26)23(17-39-28)16-30(27)42(3)18-24/h4,7-12,15,17,20,22,24,29-30,32,39H,5-6,13-14,16,18-19H2,1-3H3,(H2,38,44)(H,40,45)(H,41,46)/t22?,24-,29+,30-,32+/m1/s1. The van der Waals surface area contributed by atoms with E-state index < -0.39 is 41.6 Å². The average Bonchev–Trinajstić information content (AvgIpc) is 3.48. The molecule has 1 unspecified atom stereocenters. The van der Waals surface area contributed by atoms with Crippen molar-refractivity contribution in [3.63, 3.8) is 0 Å². The molecular weight excluding hydrogens is 599 g/mol. The molecule has 47 heavy (non-hydrogen) atoms. The minimum Gasteiger partial charge on any atom is -0.369 e. The van der Waals surface area contributed by atoms with Gasteiger partial charge in [-0.1, -0.05) is 44.2 Å². The molecule has 2 aliphatic heterocycles. The maximum atomic E-state index is 14.0. The second-order valence-corrected chi connectivity index (χ2v) is 13.6. The number of hydrogen-bond acceptors (Lipinski definition) is 5. The molecule has 0 bridgehead atoms. The summed E-state index contributed by atoms with van der Waals surface area (Å²) >= 11 is 0. The Morgan fingerprint density at radius 3 is 2.55 bits per heavy atom. The summed E-state index contributed by atoms with van der Waals surface area (Å²) in [5.74, 6) is -3.15. The predicted molar refractivity (Wildman–Crippen MR) is 177 cm³/mol. The van der Waals surface area contributed by atoms with E-state index in [4.69, 9.17) is 5.73 Å². The van der Waals surface area contributed by atoms with Gasteiger partial charge in [0.2, 0.25) is 23.6 Å². The van der Waals surface area contributed by atoms with Gasteiger partial charge in [-0.05, 0) is 72.7 Å². The van der Waals surface area contributed by atoms with E-state index in [0.29, 0.717) is 31.5 Å². The Kier molecular flexibility index (Phi) is 9.18. The van der Waals surface area contributed by atoms with Crippen LogP contribution in [-0.2, 0) is 32.0 Å². The lowest BCUT2D eigenvalue weighted by Gasteiger charge is -2.39. The van der Waals surface area contributed by atoms with Crippen LogP contribution in [0.4, 0.5) is 4.39 Å². The number of amides is 4. The van der Waals surface area contributed by atoms with Gasteiger partial charge in [-0.25, -0.2) is 4.39 Å². The molecule has 1 aromatic heterocycles. The predicted octanol–water partition coefficient (Wildman–Crippen LogP) is 2.77. The number of primary amides is 1. The quantitative estimate of drug-likeness (QED) is 0.284. The molecule has 0 spiro atoms. The van der Waals surface area contributed by atoms with Gasteiger partial charge in [-0.15, -0.1) is 0 Å². The first kappa shape index (κ1) is 32.4. The third kappa shape index (κ3) is 6.67. The third-order valence-corrected chi connectivity index (χ3v) is 9.96. The molecule has 0 radical (unpaired) electrons. The zero-order valence-electron chi connectivity index (χ0n) is 27.1. The van der Waals surface area contributed by atoms with Crippen LogP contribution in [0.1, 0.15) is 43.4 Å². The Hall–Kier alpha value is -4.51. The highest BCUT2D eigenvalue weighted by molar-refractivity contribution is 6.00. The van der Waals surface area contributed by atoms with E-state index in [1.54, 1.807) is 17.0 Å². The summed E-state index contributed by atoms with van der Waals surface area (Å²) in [6, 6.07) is 10.2. The van der Waals surface area contributed by atoms with Gasteiger partial charge in [0.05, 0.1) is 11.8 Å². The number of likely N-dealkylation sites (N-methyl/N-ethyl adjacent to an activating group) is 1. The summed E-state index contributed by atoms with van der Waals surface area (Å²) in [5, 5.41) is 7.07. The normalized spacial score (nSPS) is 22.3. The number of carbonyl (C=O) groups is 4. The molecule has 0 saturated carbocycles. The number of halogens is 1. The summed E-state index contributed by atoms with van der Waals surface area (Å²) in [6.07, 6.45) is 6.31. The fourth-order valence-electron chi connectivity index (χ4n) is 7.33. The summed E-state index contributed by atoms with van der Waals surface area (Å²) in [6.45, 7) is 4.84. The van der Waals surface area contributed by atoms with Crippen LogP contribution in [0.3, 0.4) is 0 Å². The number of fused-ring (bicyclic) bond motifs is 2. The van der Waals surface area contributed by atoms with E-state index in [2.05, 4.69) is 38.8 Å². The van der Waals surface area contributed by atoms with Crippen LogP contribution in [0, 0.1) is 23.6 Å². The van der Waals surface area contributed by atoms with Crippen LogP contribution in [0.5, 0.6) is 0 Å². The lowest BCUT2D eigenvalue weighted by molar-refractivity contribution is -0.141. The van der Waals surface area contributed by atoms with Crippen LogP contribution < -0.4 is 16.4 Å². The Balaban J connectivity index is 1.24. The molecule has 5 N–H and O–H groups in total. The molecule has 2 aromatic carbocycles. The first-order valence-corrected chi connectivity index (χ1v) is 16.4. The summed E-state index contributed by atoms with van der Waals surface area (Å²) in [4.78, 5) is 60.6. The molecule has 11 heteroatoms. The van der Waals surface area contributed by atoms with Crippen molar-refractivity contribution < 1.29 is 23.6 Å². The zero-order valence-corrected chi connectivity index (χ0v) is 27.1. The van der Waals surface area contributed by atoms with Crippen molar-refractivity contribution in [2.75, 3.05) is 26.7 Å². The highest BCUT2D eigenvalue weighted by Gasteiger charge is 2.38. The Labute approximate surface area is 273 Å². The number of nitrogens with two attached hydrogens (primary N) is 1. The van der Waals surface area contributed by atoms with Crippen LogP contribution in [0.25, 0.3) is 16.5 Å². The molecule has 6 rings (SSSR count). The maximum absolute atomic E-state index is 14.0. The number of hydrogen-bond donors (Lipinski definition) is 4. The number of nitrogens with one attached hydrogen (secondary N) is 3. The van der Waals surface area contributed by atoms with Crippen molar-refractivity contribution in [2.45, 2.75) is 57.7 Å². The Morgan fingerprint density at radius 1 is 1.06 bits per heavy atom. The summed E-state index contributed by atoms with van der Waals surface area (Å²) in [7, 11) is 2.01. The van der Waals surface area contributed by atoms with Crippen molar-refractivity contribution in [1.82, 2.24) is 25.4 Å². The number of nitrogens with zero attached hydrogens (tertiary/aromatic N) is 2. The first-order chi connectivity index (χ1) is 22.5. The van der Waals surface area contributed by atoms with Crippen LogP contribution in [-0.4, -0.2) is 83.2 Å². The minimum atomic E-state index is -1.02. The lowest BCUT2D eigenvalue weighted by atomic mass is 9.79. The highest BCUT2D eigenvalue weighted by Crippen LogP contribution is 2.40. The Morgan fingerprint density at radius 2 is 1.83 bits per heavy atom. The van der Waals surface area contributed by atoms with Gasteiger partial charge in [0.1, 0.15) is 17.9 Å². The van der Waals surface area contributed by atoms with Gasteiger partial charge >= 0.3 is 0 Å². The van der Waals surface area contributed by atoms with Crippen molar-refractivity contribution in [3.05, 3.63) is 77.2 Å². The number of H-pyrrole nitrogens is 1. The molecule has 3 aromatic rings. The second kappa shape index (κ2) is 13.3. The van der Waals surface area contributed by atoms with Crippen molar-refractivity contribution in [2.24, 2.45) is 23.5 Å². The number of piperidine rings is 1. The van der Waals surface area contributed by atoms with E-state index in [0.717, 1.165) is 23.1 Å². The van der Waals surface area contributed by atoms with Crippen LogP contribution in [0.15, 0.2) is 54.7 Å². The number of aromatic amines is 1. The van der Waals surface area contributed by atoms with E-state index >= 15 is 0 Å². The number of aromatic nitrogens is 1. The number of benzene rings is 2. The van der Waals surface area contributed by atoms with E-state index in [1.165, 1.54) is 23.1 Å². The van der Waals surface area contributed by atoms with Gasteiger partial charge in [-0.3, -0.25) is 24.1 Å². The van der Waals surface area contributed by atoms with E-state index in [1.807, 2.05) is 33.0 Å². The maximum Gasteiger partial charge on any atom is 0.245 e. The molecule has 1 fully saturated rings. The van der Waals surface area contributed by atoms with E-state index in [9.17, 15) is 23.6 Å². The van der Waals surface area contributed by atoms with Crippen molar-refractivity contribution in [1.29, 1.82) is 0 Å². The molecule has 10 nitrogen and oxygen atoms in total. The van der Waals surface area contributed by atoms with Gasteiger partial charge in [0, 0.05) is 49.2 Å². The monoisotopic (exact) mass is 642 g/mol. The molecule has 3 heterocycles. The fourth-order valence-corrected chi connectivity index (χ4v) is 7.33. The molecule has 1 aliphatic carbocycles. The number of rotatable bonds is 9. The summed E-state index contributed by atoms with van der Waals surface area (Å²) in [5.41, 5.74) is 10.7. The lowest BCUT2D eigenvalue weighted by Crippen LogP contribution is -2.58. The zero-order chi connectivity index (χ0) is 33.4. The first-order valence-electron chi connectivity index (χ1n) is 16.4. The van der Waals surface area contributed by atoms with Crippen molar-refractivity contribution >= 4 is 40.1 Å². The molecule has 248 valence electrons. The minimum absolute atomic E-state index is 0.109. The van der Waals surface area contributed by atoms with Crippen molar-refractivity contribution in [3.8, 4) is 0 Å². The topological polar surface area (TPSA) is 141 Å². The van der Waals surface area contributed by atoms with E-state index in [-0.39, 0.29) is 36.7 Å². The largest absolute Gasteiger partial charge is 0.369 e. The molecule has 1 saturated heterocycles. The summed E-state index contributed by atoms with van der Waals surface area (Å²) < 4.78 is 13.7. The molecular formula is C36H43FN6O4. The Bertz CT molecular complexity index is 1720. The SMILES string of the molecule is CC(C)[C@H](NC(=O)[C@H](Cc1ccc(F)cc1)NC(=O)[C@@H]1C=C2c3cccc4[nH]cc(c34)C[C@H]2N(C)C1)C(=O)N1CCCC(C(N)=O)C1. The number of likely N-dealkylation sites (tertiary alicyclic amines) is 1. The third-order valence-electron chi connectivity index (χ3n) is 9.96. The van der Waals surface area contributed by atoms with Gasteiger partial charge in [0.25, 0.3) is 0 Å². The molecule has 5 atom stereocenters. The fraction of sp³-hybridized carbons (Fsp3) is 0.444. The van der Waals surface area contributed by atoms with Gasteiger partial charge in [0.15, 0.2) is 0 Å².